The van der Waals surface area contributed by atoms with Gasteiger partial charge in [-0.15, -0.1) is 0 Å². The van der Waals surface area contributed by atoms with Crippen LogP contribution < -0.4 is 5.32 Å². The lowest BCUT2D eigenvalue weighted by atomic mass is 10.2. The summed E-state index contributed by atoms with van der Waals surface area (Å²) < 4.78 is 7.00. The highest BCUT2D eigenvalue weighted by molar-refractivity contribution is 6.31. The third-order valence-electron chi connectivity index (χ3n) is 2.71. The quantitative estimate of drug-likeness (QED) is 0.868. The summed E-state index contributed by atoms with van der Waals surface area (Å²) in [5.41, 5.74) is -0.164. The summed E-state index contributed by atoms with van der Waals surface area (Å²) in [7, 11) is 0. The molecule has 5 nitrogen and oxygen atoms in total. The van der Waals surface area contributed by atoms with Gasteiger partial charge in [-0.05, 0) is 47.6 Å². The zero-order chi connectivity index (χ0) is 16.4. The topological polar surface area (TPSA) is 60.3 Å². The third kappa shape index (κ3) is 5.08. The molecule has 0 aliphatic rings. The summed E-state index contributed by atoms with van der Waals surface area (Å²) in [6, 6.07) is 0.944. The summed E-state index contributed by atoms with van der Waals surface area (Å²) in [6.07, 6.45) is 1.69. The van der Waals surface area contributed by atoms with E-state index in [0.29, 0.717) is 10.7 Å². The van der Waals surface area contributed by atoms with Crippen LogP contribution in [0, 0.1) is 0 Å². The summed E-state index contributed by atoms with van der Waals surface area (Å²) in [4.78, 5) is 24.1. The molecule has 1 atom stereocenters. The number of amides is 1. The highest BCUT2D eigenvalue weighted by Crippen LogP contribution is 2.19. The monoisotopic (exact) mass is 314 g/mol. The SMILES string of the molecule is CC(C)n1cc(Cl)cc1C(=O)N[C@H](C)C(=O)OC(C)(C)C. The number of nitrogens with zero attached hydrogens (tertiary/aromatic N) is 1. The number of hydrogen-bond donors (Lipinski definition) is 1. The van der Waals surface area contributed by atoms with Gasteiger partial charge >= 0.3 is 5.97 Å². The number of esters is 1. The van der Waals surface area contributed by atoms with E-state index in [4.69, 9.17) is 16.3 Å². The molecule has 1 heterocycles. The average Bonchev–Trinajstić information content (AvgIpc) is 2.69. The number of ether oxygens (including phenoxy) is 1. The minimum absolute atomic E-state index is 0.0927. The van der Waals surface area contributed by atoms with Gasteiger partial charge in [0.15, 0.2) is 0 Å². The molecule has 0 radical (unpaired) electrons. The first-order valence-electron chi connectivity index (χ1n) is 6.92. The zero-order valence-electron chi connectivity index (χ0n) is 13.4. The van der Waals surface area contributed by atoms with Crippen molar-refractivity contribution in [3.8, 4) is 0 Å². The van der Waals surface area contributed by atoms with Gasteiger partial charge in [-0.1, -0.05) is 11.6 Å². The van der Waals surface area contributed by atoms with E-state index in [-0.39, 0.29) is 11.9 Å². The van der Waals surface area contributed by atoms with Crippen LogP contribution in [-0.4, -0.2) is 28.1 Å². The Kier molecular flexibility index (Phi) is 5.45. The minimum Gasteiger partial charge on any atom is -0.458 e. The number of hydrogen-bond acceptors (Lipinski definition) is 3. The first-order valence-corrected chi connectivity index (χ1v) is 7.30. The maximum absolute atomic E-state index is 12.3. The van der Waals surface area contributed by atoms with Gasteiger partial charge in [0.05, 0.1) is 5.02 Å². The lowest BCUT2D eigenvalue weighted by Crippen LogP contribution is -2.42. The molecule has 0 bridgehead atoms. The van der Waals surface area contributed by atoms with E-state index < -0.39 is 17.6 Å². The van der Waals surface area contributed by atoms with Crippen molar-refractivity contribution in [1.29, 1.82) is 0 Å². The molecule has 21 heavy (non-hydrogen) atoms. The molecule has 6 heteroatoms. The Hall–Kier alpha value is -1.49. The molecule has 0 aliphatic carbocycles. The highest BCUT2D eigenvalue weighted by atomic mass is 35.5. The van der Waals surface area contributed by atoms with E-state index in [0.717, 1.165) is 0 Å². The standard InChI is InChI=1S/C15H23ClN2O3/c1-9(2)18-8-11(16)7-12(18)13(19)17-10(3)14(20)21-15(4,5)6/h7-10H,1-6H3,(H,17,19)/t10-/m1/s1. The lowest BCUT2D eigenvalue weighted by molar-refractivity contribution is -0.156. The molecule has 1 aromatic rings. The second-order valence-corrected chi connectivity index (χ2v) is 6.71. The van der Waals surface area contributed by atoms with Crippen LogP contribution in [0.4, 0.5) is 0 Å². The normalized spacial score (nSPS) is 13.1. The first kappa shape index (κ1) is 17.6. The number of aromatic nitrogens is 1. The van der Waals surface area contributed by atoms with Gasteiger partial charge in [-0.25, -0.2) is 4.79 Å². The number of halogens is 1. The molecular weight excluding hydrogens is 292 g/mol. The molecule has 118 valence electrons. The molecule has 1 N–H and O–H groups in total. The first-order chi connectivity index (χ1) is 9.51. The highest BCUT2D eigenvalue weighted by Gasteiger charge is 2.24. The Labute approximate surface area is 130 Å². The van der Waals surface area contributed by atoms with Crippen LogP contribution in [0.1, 0.15) is 58.1 Å². The Bertz CT molecular complexity index is 530. The van der Waals surface area contributed by atoms with Crippen molar-refractivity contribution in [2.75, 3.05) is 0 Å². The molecule has 0 saturated carbocycles. The molecular formula is C15H23ClN2O3. The van der Waals surface area contributed by atoms with Crippen LogP contribution in [0.5, 0.6) is 0 Å². The fourth-order valence-corrected chi connectivity index (χ4v) is 1.98. The van der Waals surface area contributed by atoms with Crippen LogP contribution in [0.15, 0.2) is 12.3 Å². The maximum Gasteiger partial charge on any atom is 0.328 e. The second-order valence-electron chi connectivity index (χ2n) is 6.27. The fraction of sp³-hybridized carbons (Fsp3) is 0.600. The van der Waals surface area contributed by atoms with E-state index in [9.17, 15) is 9.59 Å². The summed E-state index contributed by atoms with van der Waals surface area (Å²) in [6.45, 7) is 10.8. The van der Waals surface area contributed by atoms with E-state index in [1.807, 2.05) is 13.8 Å². The van der Waals surface area contributed by atoms with E-state index in [1.54, 1.807) is 44.5 Å². The van der Waals surface area contributed by atoms with Crippen molar-refractivity contribution in [2.45, 2.75) is 59.2 Å². The number of carbonyl (C=O) groups is 2. The van der Waals surface area contributed by atoms with Gasteiger partial charge in [0.2, 0.25) is 0 Å². The van der Waals surface area contributed by atoms with Crippen molar-refractivity contribution in [3.63, 3.8) is 0 Å². The van der Waals surface area contributed by atoms with Crippen LogP contribution in [0.25, 0.3) is 0 Å². The predicted octanol–water partition coefficient (Wildman–Crippen LogP) is 3.18. The predicted molar refractivity (Wildman–Crippen MR) is 82.6 cm³/mol. The number of rotatable bonds is 4. The zero-order valence-corrected chi connectivity index (χ0v) is 14.1. The van der Waals surface area contributed by atoms with Gasteiger partial charge in [-0.3, -0.25) is 4.79 Å². The largest absolute Gasteiger partial charge is 0.458 e. The molecule has 0 spiro atoms. The number of carbonyl (C=O) groups excluding carboxylic acids is 2. The smallest absolute Gasteiger partial charge is 0.328 e. The fourth-order valence-electron chi connectivity index (χ4n) is 1.77. The van der Waals surface area contributed by atoms with E-state index >= 15 is 0 Å². The van der Waals surface area contributed by atoms with Crippen LogP contribution in [0.2, 0.25) is 5.02 Å². The second kappa shape index (κ2) is 6.52. The van der Waals surface area contributed by atoms with Crippen molar-refractivity contribution in [3.05, 3.63) is 23.0 Å². The van der Waals surface area contributed by atoms with Gasteiger partial charge in [0.1, 0.15) is 17.3 Å². The lowest BCUT2D eigenvalue weighted by Gasteiger charge is -2.23. The van der Waals surface area contributed by atoms with Crippen LogP contribution in [0.3, 0.4) is 0 Å². The summed E-state index contributed by atoms with van der Waals surface area (Å²) in [5.74, 6) is -0.821. The number of nitrogens with one attached hydrogen (secondary N) is 1. The van der Waals surface area contributed by atoms with Gasteiger partial charge in [0, 0.05) is 12.2 Å². The Balaban J connectivity index is 2.80. The molecule has 1 amide bonds. The average molecular weight is 315 g/mol. The molecule has 1 rings (SSSR count). The molecule has 0 unspecified atom stereocenters. The molecule has 0 fully saturated rings. The van der Waals surface area contributed by atoms with Gasteiger partial charge in [-0.2, -0.15) is 0 Å². The third-order valence-corrected chi connectivity index (χ3v) is 2.92. The Morgan fingerprint density at radius 2 is 1.86 bits per heavy atom. The van der Waals surface area contributed by atoms with Gasteiger partial charge in [0.25, 0.3) is 5.91 Å². The maximum atomic E-state index is 12.3. The van der Waals surface area contributed by atoms with Crippen molar-refractivity contribution < 1.29 is 14.3 Å². The molecule has 0 aromatic carbocycles. The molecule has 0 aliphatic heterocycles. The molecule has 1 aromatic heterocycles. The van der Waals surface area contributed by atoms with E-state index in [2.05, 4.69) is 5.32 Å². The molecule has 0 saturated heterocycles. The summed E-state index contributed by atoms with van der Waals surface area (Å²) in [5, 5.41) is 3.12. The van der Waals surface area contributed by atoms with Crippen LogP contribution >= 0.6 is 11.6 Å². The minimum atomic E-state index is -0.731. The van der Waals surface area contributed by atoms with Gasteiger partial charge < -0.3 is 14.6 Å². The van der Waals surface area contributed by atoms with Crippen molar-refractivity contribution in [2.24, 2.45) is 0 Å². The van der Waals surface area contributed by atoms with Crippen molar-refractivity contribution >= 4 is 23.5 Å². The van der Waals surface area contributed by atoms with Crippen LogP contribution in [-0.2, 0) is 9.53 Å². The summed E-state index contributed by atoms with van der Waals surface area (Å²) >= 11 is 5.95. The van der Waals surface area contributed by atoms with E-state index in [1.165, 1.54) is 0 Å². The van der Waals surface area contributed by atoms with Crippen molar-refractivity contribution in [1.82, 2.24) is 9.88 Å². The Morgan fingerprint density at radius 3 is 2.33 bits per heavy atom. The Morgan fingerprint density at radius 1 is 1.29 bits per heavy atom.